The van der Waals surface area contributed by atoms with Crippen molar-refractivity contribution >= 4 is 34.2 Å². The van der Waals surface area contributed by atoms with Crippen LogP contribution < -0.4 is 10.2 Å². The summed E-state index contributed by atoms with van der Waals surface area (Å²) in [5.41, 5.74) is 4.16. The first kappa shape index (κ1) is 15.3. The molecule has 0 unspecified atom stereocenters. The number of aromatic nitrogens is 2. The van der Waals surface area contributed by atoms with Crippen molar-refractivity contribution in [2.45, 2.75) is 13.3 Å². The molecule has 0 spiro atoms. The largest absolute Gasteiger partial charge is 0.321 e. The highest BCUT2D eigenvalue weighted by molar-refractivity contribution is 6.05. The molecule has 25 heavy (non-hydrogen) atoms. The summed E-state index contributed by atoms with van der Waals surface area (Å²) in [5, 5.41) is 2.83. The Bertz CT molecular complexity index is 1000. The normalized spacial score (nSPS) is 13.2. The number of para-hydroxylation sites is 2. The van der Waals surface area contributed by atoms with Crippen molar-refractivity contribution in [3.63, 3.8) is 0 Å². The Hall–Kier alpha value is -3.28. The standard InChI is InChI=1S/C19H16N4O2/c1-2-23-17-8-7-13(9-12(17)10-18(23)24)21-19(25)16-11-20-14-5-3-4-6-15(14)22-16/h3-9,11H,2,10H2,1H3,(H,21,25). The van der Waals surface area contributed by atoms with Crippen molar-refractivity contribution in [1.29, 1.82) is 0 Å². The zero-order valence-corrected chi connectivity index (χ0v) is 13.7. The van der Waals surface area contributed by atoms with Gasteiger partial charge >= 0.3 is 0 Å². The van der Waals surface area contributed by atoms with Crippen molar-refractivity contribution in [2.75, 3.05) is 16.8 Å². The van der Waals surface area contributed by atoms with Gasteiger partial charge in [-0.25, -0.2) is 4.98 Å². The van der Waals surface area contributed by atoms with Crippen LogP contribution in [0.5, 0.6) is 0 Å². The van der Waals surface area contributed by atoms with Crippen LogP contribution in [-0.4, -0.2) is 28.3 Å². The van der Waals surface area contributed by atoms with Crippen molar-refractivity contribution in [2.24, 2.45) is 0 Å². The maximum atomic E-state index is 12.5. The summed E-state index contributed by atoms with van der Waals surface area (Å²) in [5.74, 6) is -0.240. The maximum Gasteiger partial charge on any atom is 0.275 e. The second-order valence-corrected chi connectivity index (χ2v) is 5.86. The molecule has 1 aliphatic rings. The van der Waals surface area contributed by atoms with Gasteiger partial charge in [0.05, 0.1) is 23.7 Å². The Labute approximate surface area is 144 Å². The van der Waals surface area contributed by atoms with Gasteiger partial charge in [-0.05, 0) is 42.8 Å². The molecular formula is C19H16N4O2. The Balaban J connectivity index is 1.58. The zero-order chi connectivity index (χ0) is 17.4. The maximum absolute atomic E-state index is 12.5. The van der Waals surface area contributed by atoms with E-state index in [0.29, 0.717) is 24.2 Å². The summed E-state index contributed by atoms with van der Waals surface area (Å²) in [6.07, 6.45) is 1.83. The fourth-order valence-electron chi connectivity index (χ4n) is 3.07. The number of anilines is 2. The molecule has 2 amide bonds. The Morgan fingerprint density at radius 1 is 1.20 bits per heavy atom. The van der Waals surface area contributed by atoms with E-state index in [-0.39, 0.29) is 17.5 Å². The second-order valence-electron chi connectivity index (χ2n) is 5.86. The number of likely N-dealkylation sites (N-methyl/N-ethyl adjacent to an activating group) is 1. The van der Waals surface area contributed by atoms with E-state index >= 15 is 0 Å². The Kier molecular flexibility index (Phi) is 3.65. The average molecular weight is 332 g/mol. The van der Waals surface area contributed by atoms with Crippen LogP contribution >= 0.6 is 0 Å². The second kappa shape index (κ2) is 5.98. The number of amides is 2. The first-order valence-electron chi connectivity index (χ1n) is 8.12. The third kappa shape index (κ3) is 2.71. The van der Waals surface area contributed by atoms with E-state index in [9.17, 15) is 9.59 Å². The quantitative estimate of drug-likeness (QED) is 0.800. The number of nitrogens with zero attached hydrogens (tertiary/aromatic N) is 3. The highest BCUT2D eigenvalue weighted by Crippen LogP contribution is 2.31. The molecule has 1 aliphatic heterocycles. The van der Waals surface area contributed by atoms with E-state index in [0.717, 1.165) is 16.8 Å². The molecule has 0 bridgehead atoms. The van der Waals surface area contributed by atoms with Crippen LogP contribution in [0.15, 0.2) is 48.7 Å². The number of hydrogen-bond acceptors (Lipinski definition) is 4. The molecule has 0 radical (unpaired) electrons. The summed E-state index contributed by atoms with van der Waals surface area (Å²) in [6.45, 7) is 2.59. The highest BCUT2D eigenvalue weighted by Gasteiger charge is 2.26. The lowest BCUT2D eigenvalue weighted by Gasteiger charge is -2.14. The van der Waals surface area contributed by atoms with Gasteiger partial charge in [0, 0.05) is 17.9 Å². The van der Waals surface area contributed by atoms with Gasteiger partial charge in [0.2, 0.25) is 5.91 Å². The van der Waals surface area contributed by atoms with Crippen molar-refractivity contribution in [3.8, 4) is 0 Å². The van der Waals surface area contributed by atoms with E-state index in [4.69, 9.17) is 0 Å². The molecule has 6 nitrogen and oxygen atoms in total. The van der Waals surface area contributed by atoms with Crippen LogP contribution in [0.25, 0.3) is 11.0 Å². The number of benzene rings is 2. The average Bonchev–Trinajstić information content (AvgIpc) is 2.95. The fourth-order valence-corrected chi connectivity index (χ4v) is 3.07. The van der Waals surface area contributed by atoms with Gasteiger partial charge in [-0.1, -0.05) is 12.1 Å². The van der Waals surface area contributed by atoms with E-state index in [1.807, 2.05) is 43.3 Å². The highest BCUT2D eigenvalue weighted by atomic mass is 16.2. The minimum absolute atomic E-state index is 0.0846. The lowest BCUT2D eigenvalue weighted by atomic mass is 10.1. The van der Waals surface area contributed by atoms with Crippen molar-refractivity contribution < 1.29 is 9.59 Å². The van der Waals surface area contributed by atoms with Crippen LogP contribution in [0.2, 0.25) is 0 Å². The van der Waals surface area contributed by atoms with Crippen LogP contribution in [0.1, 0.15) is 23.0 Å². The van der Waals surface area contributed by atoms with Crippen LogP contribution in [0.3, 0.4) is 0 Å². The van der Waals surface area contributed by atoms with Crippen LogP contribution in [-0.2, 0) is 11.2 Å². The van der Waals surface area contributed by atoms with Gasteiger partial charge in [-0.2, -0.15) is 0 Å². The van der Waals surface area contributed by atoms with Gasteiger partial charge in [-0.15, -0.1) is 0 Å². The minimum atomic E-state index is -0.324. The van der Waals surface area contributed by atoms with Gasteiger partial charge < -0.3 is 10.2 Å². The molecule has 0 aliphatic carbocycles. The van der Waals surface area contributed by atoms with E-state index < -0.39 is 0 Å². The third-order valence-electron chi connectivity index (χ3n) is 4.27. The number of rotatable bonds is 3. The Morgan fingerprint density at radius 3 is 2.80 bits per heavy atom. The summed E-state index contributed by atoms with van der Waals surface area (Å²) >= 11 is 0. The molecule has 124 valence electrons. The van der Waals surface area contributed by atoms with Gasteiger partial charge in [0.25, 0.3) is 5.91 Å². The zero-order valence-electron chi connectivity index (χ0n) is 13.7. The molecule has 6 heteroatoms. The molecule has 3 aromatic rings. The number of carbonyl (C=O) groups is 2. The smallest absolute Gasteiger partial charge is 0.275 e. The third-order valence-corrected chi connectivity index (χ3v) is 4.27. The first-order valence-corrected chi connectivity index (χ1v) is 8.12. The lowest BCUT2D eigenvalue weighted by Crippen LogP contribution is -2.25. The fraction of sp³-hybridized carbons (Fsp3) is 0.158. The molecule has 0 saturated carbocycles. The summed E-state index contributed by atoms with van der Waals surface area (Å²) in [7, 11) is 0. The topological polar surface area (TPSA) is 75.2 Å². The predicted molar refractivity (Wildman–Crippen MR) is 95.7 cm³/mol. The number of hydrogen-bond donors (Lipinski definition) is 1. The minimum Gasteiger partial charge on any atom is -0.321 e. The summed E-state index contributed by atoms with van der Waals surface area (Å²) in [4.78, 5) is 34.8. The van der Waals surface area contributed by atoms with E-state index in [2.05, 4.69) is 15.3 Å². The number of fused-ring (bicyclic) bond motifs is 2. The van der Waals surface area contributed by atoms with Gasteiger partial charge in [0.1, 0.15) is 5.69 Å². The molecule has 4 rings (SSSR count). The monoisotopic (exact) mass is 332 g/mol. The molecule has 0 fully saturated rings. The summed E-state index contributed by atoms with van der Waals surface area (Å²) < 4.78 is 0. The number of carbonyl (C=O) groups excluding carboxylic acids is 2. The van der Waals surface area contributed by atoms with Crippen LogP contribution in [0.4, 0.5) is 11.4 Å². The predicted octanol–water partition coefficient (Wildman–Crippen LogP) is 2.79. The molecule has 1 aromatic heterocycles. The molecule has 2 heterocycles. The van der Waals surface area contributed by atoms with Crippen molar-refractivity contribution in [3.05, 3.63) is 59.9 Å². The lowest BCUT2D eigenvalue weighted by molar-refractivity contribution is -0.117. The van der Waals surface area contributed by atoms with Crippen LogP contribution in [0, 0.1) is 0 Å². The molecule has 1 N–H and O–H groups in total. The van der Waals surface area contributed by atoms with Gasteiger partial charge in [0.15, 0.2) is 0 Å². The molecule has 2 aromatic carbocycles. The summed E-state index contributed by atoms with van der Waals surface area (Å²) in [6, 6.07) is 12.9. The van der Waals surface area contributed by atoms with Gasteiger partial charge in [-0.3, -0.25) is 14.6 Å². The van der Waals surface area contributed by atoms with Crippen molar-refractivity contribution in [1.82, 2.24) is 9.97 Å². The molecule has 0 saturated heterocycles. The van der Waals surface area contributed by atoms with E-state index in [1.54, 1.807) is 11.0 Å². The Morgan fingerprint density at radius 2 is 2.00 bits per heavy atom. The molecular weight excluding hydrogens is 316 g/mol. The first-order chi connectivity index (χ1) is 12.2. The SMILES string of the molecule is CCN1C(=O)Cc2cc(NC(=O)c3cnc4ccccc4n3)ccc21. The molecule has 0 atom stereocenters. The van der Waals surface area contributed by atoms with E-state index in [1.165, 1.54) is 6.20 Å². The number of nitrogens with one attached hydrogen (secondary N) is 1.